The molecule has 1 aliphatic rings. The standard InChI is InChI=1S/C25H32N6O2/c1-5-20(23-19-14-17(24(32)26-4)6-8-21(19)29-25(23)33)28-22-9-7-18(15-27-22)31-12-10-30(11-13-31)16(2)3/h6-9,14-16,29,33H,5,10-13H2,1-4H3,(H,26,32). The summed E-state index contributed by atoms with van der Waals surface area (Å²) in [7, 11) is 1.60. The van der Waals surface area contributed by atoms with Crippen LogP contribution in [0.15, 0.2) is 41.5 Å². The number of piperazine rings is 1. The monoisotopic (exact) mass is 448 g/mol. The highest BCUT2D eigenvalue weighted by Gasteiger charge is 2.20. The Kier molecular flexibility index (Phi) is 6.65. The third kappa shape index (κ3) is 4.71. The molecule has 3 heterocycles. The molecule has 1 aliphatic heterocycles. The molecule has 0 bridgehead atoms. The number of pyridine rings is 1. The lowest BCUT2D eigenvalue weighted by atomic mass is 10.0. The zero-order valence-corrected chi connectivity index (χ0v) is 19.7. The zero-order valence-electron chi connectivity index (χ0n) is 19.7. The van der Waals surface area contributed by atoms with E-state index in [4.69, 9.17) is 4.99 Å². The topological polar surface area (TPSA) is 96.8 Å². The van der Waals surface area contributed by atoms with Crippen molar-refractivity contribution in [1.82, 2.24) is 20.2 Å². The number of aromatic amines is 1. The van der Waals surface area contributed by atoms with Gasteiger partial charge in [0.2, 0.25) is 0 Å². The molecule has 3 N–H and O–H groups in total. The summed E-state index contributed by atoms with van der Waals surface area (Å²) < 4.78 is 0. The summed E-state index contributed by atoms with van der Waals surface area (Å²) in [6, 6.07) is 9.85. The van der Waals surface area contributed by atoms with E-state index in [-0.39, 0.29) is 11.8 Å². The summed E-state index contributed by atoms with van der Waals surface area (Å²) in [4.78, 5) is 29.2. The number of nitrogens with one attached hydrogen (secondary N) is 2. The van der Waals surface area contributed by atoms with E-state index in [2.05, 4.69) is 45.0 Å². The number of aromatic hydroxyl groups is 1. The third-order valence-electron chi connectivity index (χ3n) is 6.28. The normalized spacial score (nSPS) is 15.4. The van der Waals surface area contributed by atoms with Crippen LogP contribution in [0.25, 0.3) is 10.9 Å². The molecule has 1 aromatic carbocycles. The van der Waals surface area contributed by atoms with Crippen molar-refractivity contribution in [3.8, 4) is 5.88 Å². The fourth-order valence-electron chi connectivity index (χ4n) is 4.33. The van der Waals surface area contributed by atoms with Crippen molar-refractivity contribution >= 4 is 34.0 Å². The summed E-state index contributed by atoms with van der Waals surface area (Å²) in [5.41, 5.74) is 3.69. The lowest BCUT2D eigenvalue weighted by Crippen LogP contribution is -2.48. The average molecular weight is 449 g/mol. The van der Waals surface area contributed by atoms with E-state index in [1.165, 1.54) is 0 Å². The van der Waals surface area contributed by atoms with Gasteiger partial charge in [-0.2, -0.15) is 0 Å². The smallest absolute Gasteiger partial charge is 0.251 e. The van der Waals surface area contributed by atoms with Crippen LogP contribution in [0.3, 0.4) is 0 Å². The molecule has 0 unspecified atom stereocenters. The van der Waals surface area contributed by atoms with Crippen LogP contribution in [0, 0.1) is 0 Å². The van der Waals surface area contributed by atoms with E-state index in [0.29, 0.717) is 35.1 Å². The van der Waals surface area contributed by atoms with E-state index in [1.807, 2.05) is 19.2 Å². The Hall–Kier alpha value is -3.39. The minimum Gasteiger partial charge on any atom is -0.494 e. The Balaban J connectivity index is 1.60. The quantitative estimate of drug-likeness (QED) is 0.500. The number of fused-ring (bicyclic) bond motifs is 1. The largest absolute Gasteiger partial charge is 0.494 e. The fraction of sp³-hybridized carbons (Fsp3) is 0.400. The predicted molar refractivity (Wildman–Crippen MR) is 133 cm³/mol. The molecule has 1 fully saturated rings. The first kappa shape index (κ1) is 22.8. The van der Waals surface area contributed by atoms with Gasteiger partial charge >= 0.3 is 0 Å². The molecule has 0 atom stereocenters. The second-order valence-corrected chi connectivity index (χ2v) is 8.59. The molecular formula is C25H32N6O2. The highest BCUT2D eigenvalue weighted by atomic mass is 16.3. The van der Waals surface area contributed by atoms with Gasteiger partial charge in [-0.3, -0.25) is 9.69 Å². The first-order chi connectivity index (χ1) is 15.9. The van der Waals surface area contributed by atoms with Gasteiger partial charge in [-0.05, 0) is 50.6 Å². The number of hydrogen-bond donors (Lipinski definition) is 3. The van der Waals surface area contributed by atoms with Crippen molar-refractivity contribution in [1.29, 1.82) is 0 Å². The number of carbonyl (C=O) groups excluding carboxylic acids is 1. The van der Waals surface area contributed by atoms with Crippen molar-refractivity contribution < 1.29 is 9.90 Å². The first-order valence-corrected chi connectivity index (χ1v) is 11.5. The summed E-state index contributed by atoms with van der Waals surface area (Å²) in [6.07, 6.45) is 2.47. The highest BCUT2D eigenvalue weighted by Crippen LogP contribution is 2.31. The van der Waals surface area contributed by atoms with Crippen molar-refractivity contribution in [2.75, 3.05) is 38.1 Å². The van der Waals surface area contributed by atoms with E-state index in [0.717, 1.165) is 42.8 Å². The molecule has 0 aliphatic carbocycles. The molecule has 8 heteroatoms. The molecule has 0 spiro atoms. The maximum atomic E-state index is 12.1. The number of carbonyl (C=O) groups is 1. The predicted octanol–water partition coefficient (Wildman–Crippen LogP) is 3.69. The fourth-order valence-corrected chi connectivity index (χ4v) is 4.33. The number of rotatable bonds is 6. The number of nitrogens with zero attached hydrogens (tertiary/aromatic N) is 4. The number of hydrogen-bond acceptors (Lipinski definition) is 6. The number of amides is 1. The van der Waals surface area contributed by atoms with Crippen molar-refractivity contribution in [2.24, 2.45) is 4.99 Å². The molecule has 8 nitrogen and oxygen atoms in total. The zero-order chi connectivity index (χ0) is 23.5. The molecule has 4 rings (SSSR count). The average Bonchev–Trinajstić information content (AvgIpc) is 3.17. The molecule has 1 saturated heterocycles. The number of anilines is 1. The molecule has 174 valence electrons. The van der Waals surface area contributed by atoms with Gasteiger partial charge < -0.3 is 20.3 Å². The minimum atomic E-state index is -0.176. The summed E-state index contributed by atoms with van der Waals surface area (Å²) in [5, 5.41) is 14.0. The second-order valence-electron chi connectivity index (χ2n) is 8.59. The van der Waals surface area contributed by atoms with Gasteiger partial charge in [0.05, 0.1) is 23.2 Å². The number of aliphatic imine (C=N–C) groups is 1. The summed E-state index contributed by atoms with van der Waals surface area (Å²) in [6.45, 7) is 10.5. The van der Waals surface area contributed by atoms with E-state index in [9.17, 15) is 9.90 Å². The van der Waals surface area contributed by atoms with Crippen LogP contribution in [0.1, 0.15) is 43.1 Å². The van der Waals surface area contributed by atoms with Crippen molar-refractivity contribution in [3.05, 3.63) is 47.7 Å². The van der Waals surface area contributed by atoms with Gasteiger partial charge in [-0.1, -0.05) is 6.92 Å². The van der Waals surface area contributed by atoms with E-state index in [1.54, 1.807) is 25.2 Å². The molecule has 33 heavy (non-hydrogen) atoms. The molecular weight excluding hydrogens is 416 g/mol. The minimum absolute atomic E-state index is 0.0410. The van der Waals surface area contributed by atoms with E-state index < -0.39 is 0 Å². The lowest BCUT2D eigenvalue weighted by molar-refractivity contribution is 0.0963. The van der Waals surface area contributed by atoms with Crippen molar-refractivity contribution in [3.63, 3.8) is 0 Å². The first-order valence-electron chi connectivity index (χ1n) is 11.5. The Morgan fingerprint density at radius 1 is 1.21 bits per heavy atom. The second kappa shape index (κ2) is 9.62. The van der Waals surface area contributed by atoms with E-state index >= 15 is 0 Å². The Morgan fingerprint density at radius 3 is 2.58 bits per heavy atom. The van der Waals surface area contributed by atoms with Crippen LogP contribution in [0.5, 0.6) is 5.88 Å². The molecule has 0 saturated carbocycles. The number of H-pyrrole nitrogens is 1. The van der Waals surface area contributed by atoms with Crippen LogP contribution in [0.2, 0.25) is 0 Å². The highest BCUT2D eigenvalue weighted by molar-refractivity contribution is 6.14. The Labute approximate surface area is 194 Å². The van der Waals surface area contributed by atoms with Crippen LogP contribution in [-0.2, 0) is 0 Å². The molecule has 1 amide bonds. The van der Waals surface area contributed by atoms with Crippen LogP contribution < -0.4 is 10.2 Å². The lowest BCUT2D eigenvalue weighted by Gasteiger charge is -2.37. The number of aromatic nitrogens is 2. The summed E-state index contributed by atoms with van der Waals surface area (Å²) >= 11 is 0. The van der Waals surface area contributed by atoms with Gasteiger partial charge in [0, 0.05) is 55.7 Å². The van der Waals surface area contributed by atoms with Gasteiger partial charge in [0.1, 0.15) is 0 Å². The number of benzene rings is 1. The molecule has 3 aromatic rings. The van der Waals surface area contributed by atoms with Gasteiger partial charge in [-0.25, -0.2) is 9.98 Å². The maximum absolute atomic E-state index is 12.1. The van der Waals surface area contributed by atoms with Crippen LogP contribution >= 0.6 is 0 Å². The third-order valence-corrected chi connectivity index (χ3v) is 6.28. The van der Waals surface area contributed by atoms with Crippen LogP contribution in [0.4, 0.5) is 11.5 Å². The van der Waals surface area contributed by atoms with Gasteiger partial charge in [0.15, 0.2) is 11.7 Å². The Bertz CT molecular complexity index is 1160. The SMILES string of the molecule is CCC(=Nc1ccc(N2CCN(C(C)C)CC2)cn1)c1c(O)[nH]c2ccc(C(=O)NC)cc12. The molecule has 2 aromatic heterocycles. The van der Waals surface area contributed by atoms with Crippen LogP contribution in [-0.4, -0.2) is 70.9 Å². The van der Waals surface area contributed by atoms with Gasteiger partial charge in [0.25, 0.3) is 5.91 Å². The summed E-state index contributed by atoms with van der Waals surface area (Å²) in [5.74, 6) is 0.455. The molecule has 0 radical (unpaired) electrons. The van der Waals surface area contributed by atoms with Crippen molar-refractivity contribution in [2.45, 2.75) is 33.2 Å². The van der Waals surface area contributed by atoms with Gasteiger partial charge in [-0.15, -0.1) is 0 Å². The Morgan fingerprint density at radius 2 is 1.97 bits per heavy atom. The maximum Gasteiger partial charge on any atom is 0.251 e.